The summed E-state index contributed by atoms with van der Waals surface area (Å²) in [5, 5.41) is 4.74. The summed E-state index contributed by atoms with van der Waals surface area (Å²) in [7, 11) is 1.77. The molecule has 3 aromatic rings. The second-order valence-corrected chi connectivity index (χ2v) is 5.90. The second kappa shape index (κ2) is 7.36. The van der Waals surface area contributed by atoms with Crippen molar-refractivity contribution in [3.63, 3.8) is 0 Å². The van der Waals surface area contributed by atoms with Gasteiger partial charge in [0.05, 0.1) is 5.02 Å². The highest BCUT2D eigenvalue weighted by Crippen LogP contribution is 2.29. The molecule has 0 saturated heterocycles. The fourth-order valence-electron chi connectivity index (χ4n) is 2.45. The van der Waals surface area contributed by atoms with Gasteiger partial charge in [-0.2, -0.15) is 5.10 Å². The third-order valence-corrected chi connectivity index (χ3v) is 4.07. The largest absolute Gasteiger partial charge is 0.451 e. The summed E-state index contributed by atoms with van der Waals surface area (Å²) < 4.78 is 7.54. The fourth-order valence-corrected chi connectivity index (χ4v) is 2.68. The van der Waals surface area contributed by atoms with Crippen molar-refractivity contribution in [1.29, 1.82) is 0 Å². The summed E-state index contributed by atoms with van der Waals surface area (Å²) in [6.07, 6.45) is 4.47. The standard InChI is InChI=1S/C18H18ClN3O2/c1-21(11-5-13-22-12-4-10-20-22)18(23)17-9-8-16(24-17)14-6-2-3-7-15(14)19/h2-4,6-10,12H,5,11,13H2,1H3. The first-order valence-electron chi connectivity index (χ1n) is 7.73. The van der Waals surface area contributed by atoms with Gasteiger partial charge in [-0.05, 0) is 36.8 Å². The van der Waals surface area contributed by atoms with Crippen LogP contribution in [0.2, 0.25) is 5.02 Å². The van der Waals surface area contributed by atoms with Gasteiger partial charge in [0, 0.05) is 38.1 Å². The molecule has 0 N–H and O–H groups in total. The number of benzene rings is 1. The first-order valence-corrected chi connectivity index (χ1v) is 8.10. The van der Waals surface area contributed by atoms with Crippen LogP contribution in [0.15, 0.2) is 59.3 Å². The van der Waals surface area contributed by atoms with Crippen molar-refractivity contribution in [3.05, 3.63) is 65.6 Å². The lowest BCUT2D eigenvalue weighted by atomic mass is 10.2. The highest BCUT2D eigenvalue weighted by atomic mass is 35.5. The molecule has 24 heavy (non-hydrogen) atoms. The number of carbonyl (C=O) groups excluding carboxylic acids is 1. The molecule has 124 valence electrons. The van der Waals surface area contributed by atoms with Gasteiger partial charge in [-0.3, -0.25) is 9.48 Å². The predicted molar refractivity (Wildman–Crippen MR) is 93.0 cm³/mol. The Bertz CT molecular complexity index is 811. The van der Waals surface area contributed by atoms with Crippen molar-refractivity contribution in [2.75, 3.05) is 13.6 Å². The normalized spacial score (nSPS) is 10.8. The van der Waals surface area contributed by atoms with E-state index in [2.05, 4.69) is 5.10 Å². The Kier molecular flexibility index (Phi) is 5.01. The SMILES string of the molecule is CN(CCCn1cccn1)C(=O)c1ccc(-c2ccccc2Cl)o1. The van der Waals surface area contributed by atoms with Crippen LogP contribution in [0.25, 0.3) is 11.3 Å². The van der Waals surface area contributed by atoms with E-state index < -0.39 is 0 Å². The summed E-state index contributed by atoms with van der Waals surface area (Å²) in [4.78, 5) is 14.1. The monoisotopic (exact) mass is 343 g/mol. The molecule has 0 bridgehead atoms. The van der Waals surface area contributed by atoms with Gasteiger partial charge in [0.2, 0.25) is 0 Å². The number of carbonyl (C=O) groups is 1. The highest BCUT2D eigenvalue weighted by Gasteiger charge is 2.17. The zero-order chi connectivity index (χ0) is 16.9. The summed E-state index contributed by atoms with van der Waals surface area (Å²) >= 11 is 6.16. The Labute approximate surface area is 145 Å². The molecule has 0 fully saturated rings. The highest BCUT2D eigenvalue weighted by molar-refractivity contribution is 6.33. The number of hydrogen-bond acceptors (Lipinski definition) is 3. The number of rotatable bonds is 6. The molecule has 0 radical (unpaired) electrons. The van der Waals surface area contributed by atoms with Crippen LogP contribution in [0.1, 0.15) is 17.0 Å². The van der Waals surface area contributed by atoms with Crippen molar-refractivity contribution in [1.82, 2.24) is 14.7 Å². The minimum atomic E-state index is -0.145. The minimum absolute atomic E-state index is 0.145. The maximum atomic E-state index is 12.4. The average Bonchev–Trinajstić information content (AvgIpc) is 3.26. The van der Waals surface area contributed by atoms with Gasteiger partial charge in [0.1, 0.15) is 5.76 Å². The average molecular weight is 344 g/mol. The van der Waals surface area contributed by atoms with Gasteiger partial charge in [0.15, 0.2) is 5.76 Å². The lowest BCUT2D eigenvalue weighted by molar-refractivity contribution is 0.0761. The predicted octanol–water partition coefficient (Wildman–Crippen LogP) is 3.96. The van der Waals surface area contributed by atoms with E-state index in [9.17, 15) is 4.79 Å². The summed E-state index contributed by atoms with van der Waals surface area (Å²) in [5.74, 6) is 0.758. The summed E-state index contributed by atoms with van der Waals surface area (Å²) in [6.45, 7) is 1.40. The molecule has 0 aliphatic rings. The molecule has 3 rings (SSSR count). The fraction of sp³-hybridized carbons (Fsp3) is 0.222. The Morgan fingerprint density at radius 1 is 1.25 bits per heavy atom. The summed E-state index contributed by atoms with van der Waals surface area (Å²) in [6, 6.07) is 12.7. The van der Waals surface area contributed by atoms with Crippen molar-refractivity contribution in [2.24, 2.45) is 0 Å². The first kappa shape index (κ1) is 16.3. The topological polar surface area (TPSA) is 51.3 Å². The molecule has 0 aliphatic heterocycles. The number of furan rings is 1. The number of hydrogen-bond donors (Lipinski definition) is 0. The molecule has 1 aromatic carbocycles. The van der Waals surface area contributed by atoms with E-state index in [1.54, 1.807) is 36.3 Å². The van der Waals surface area contributed by atoms with E-state index >= 15 is 0 Å². The van der Waals surface area contributed by atoms with Crippen LogP contribution in [-0.2, 0) is 6.54 Å². The molecule has 0 aliphatic carbocycles. The Balaban J connectivity index is 1.61. The number of aromatic nitrogens is 2. The van der Waals surface area contributed by atoms with E-state index in [0.717, 1.165) is 18.5 Å². The molecule has 0 spiro atoms. The molecular formula is C18H18ClN3O2. The Hall–Kier alpha value is -2.53. The maximum absolute atomic E-state index is 12.4. The number of amides is 1. The van der Waals surface area contributed by atoms with Crippen LogP contribution in [0.3, 0.4) is 0 Å². The third-order valence-electron chi connectivity index (χ3n) is 3.74. The van der Waals surface area contributed by atoms with E-state index in [1.807, 2.05) is 35.1 Å². The zero-order valence-corrected chi connectivity index (χ0v) is 14.1. The van der Waals surface area contributed by atoms with Crippen LogP contribution >= 0.6 is 11.6 Å². The molecule has 1 amide bonds. The molecule has 2 aromatic heterocycles. The van der Waals surface area contributed by atoms with Gasteiger partial charge in [-0.1, -0.05) is 23.7 Å². The van der Waals surface area contributed by atoms with Gasteiger partial charge in [-0.15, -0.1) is 0 Å². The van der Waals surface area contributed by atoms with Gasteiger partial charge in [-0.25, -0.2) is 0 Å². The first-order chi connectivity index (χ1) is 11.6. The maximum Gasteiger partial charge on any atom is 0.289 e. The minimum Gasteiger partial charge on any atom is -0.451 e. The number of nitrogens with zero attached hydrogens (tertiary/aromatic N) is 3. The lowest BCUT2D eigenvalue weighted by Crippen LogP contribution is -2.28. The van der Waals surface area contributed by atoms with Crippen LogP contribution in [0.5, 0.6) is 0 Å². The molecule has 5 nitrogen and oxygen atoms in total. The van der Waals surface area contributed by atoms with Crippen molar-refractivity contribution in [3.8, 4) is 11.3 Å². The van der Waals surface area contributed by atoms with Crippen LogP contribution < -0.4 is 0 Å². The molecule has 0 saturated carbocycles. The smallest absolute Gasteiger partial charge is 0.289 e. The van der Waals surface area contributed by atoms with E-state index in [-0.39, 0.29) is 5.91 Å². The Morgan fingerprint density at radius 3 is 2.83 bits per heavy atom. The van der Waals surface area contributed by atoms with Crippen LogP contribution in [-0.4, -0.2) is 34.2 Å². The number of aryl methyl sites for hydroxylation is 1. The van der Waals surface area contributed by atoms with Gasteiger partial charge < -0.3 is 9.32 Å². The zero-order valence-electron chi connectivity index (χ0n) is 13.4. The van der Waals surface area contributed by atoms with Crippen LogP contribution in [0, 0.1) is 0 Å². The van der Waals surface area contributed by atoms with E-state index in [0.29, 0.717) is 23.1 Å². The van der Waals surface area contributed by atoms with Gasteiger partial charge >= 0.3 is 0 Å². The molecular weight excluding hydrogens is 326 g/mol. The molecule has 6 heteroatoms. The third kappa shape index (κ3) is 3.68. The number of halogens is 1. The van der Waals surface area contributed by atoms with Gasteiger partial charge in [0.25, 0.3) is 5.91 Å². The molecule has 2 heterocycles. The van der Waals surface area contributed by atoms with Crippen molar-refractivity contribution >= 4 is 17.5 Å². The van der Waals surface area contributed by atoms with E-state index in [1.165, 1.54) is 0 Å². The molecule has 0 atom stereocenters. The quantitative estimate of drug-likeness (QED) is 0.680. The lowest BCUT2D eigenvalue weighted by Gasteiger charge is -2.15. The van der Waals surface area contributed by atoms with E-state index in [4.69, 9.17) is 16.0 Å². The molecule has 0 unspecified atom stereocenters. The van der Waals surface area contributed by atoms with Crippen LogP contribution in [0.4, 0.5) is 0 Å². The second-order valence-electron chi connectivity index (χ2n) is 5.49. The Morgan fingerprint density at radius 2 is 2.08 bits per heavy atom. The van der Waals surface area contributed by atoms with Crippen molar-refractivity contribution < 1.29 is 9.21 Å². The summed E-state index contributed by atoms with van der Waals surface area (Å²) in [5.41, 5.74) is 0.777. The van der Waals surface area contributed by atoms with Crippen molar-refractivity contribution in [2.45, 2.75) is 13.0 Å².